The molecule has 0 saturated carbocycles. The Balaban J connectivity index is 3.61. The van der Waals surface area contributed by atoms with Crippen molar-refractivity contribution in [3.05, 3.63) is 24.3 Å². The first-order chi connectivity index (χ1) is 6.91. The minimum Gasteiger partial charge on any atom is -0.359 e. The molecule has 0 bridgehead atoms. The van der Waals surface area contributed by atoms with Crippen molar-refractivity contribution in [1.82, 2.24) is 5.32 Å². The molecule has 2 atom stereocenters. The third-order valence-electron chi connectivity index (χ3n) is 1.63. The minimum atomic E-state index is -0.0400. The molecule has 3 nitrogen and oxygen atoms in total. The summed E-state index contributed by atoms with van der Waals surface area (Å²) in [6.45, 7) is 16.5. The molecule has 0 heterocycles. The molecule has 0 aromatic carbocycles. The van der Waals surface area contributed by atoms with Gasteiger partial charge in [0.25, 0.3) is 0 Å². The van der Waals surface area contributed by atoms with E-state index in [0.717, 1.165) is 11.1 Å². The van der Waals surface area contributed by atoms with E-state index in [1.807, 2.05) is 27.7 Å². The number of rotatable bonds is 8. The number of ether oxygens (including phenoxy) is 2. The summed E-state index contributed by atoms with van der Waals surface area (Å²) < 4.78 is 10.9. The van der Waals surface area contributed by atoms with Crippen LogP contribution in [0.4, 0.5) is 0 Å². The predicted molar refractivity (Wildman–Crippen MR) is 63.6 cm³/mol. The molecule has 0 aliphatic heterocycles. The number of hydrogen-bond donors (Lipinski definition) is 1. The van der Waals surface area contributed by atoms with Gasteiger partial charge in [-0.15, -0.1) is 0 Å². The summed E-state index contributed by atoms with van der Waals surface area (Å²) in [5.74, 6) is 0. The van der Waals surface area contributed by atoms with Crippen molar-refractivity contribution in [2.45, 2.75) is 40.2 Å². The fraction of sp³-hybridized carbons (Fsp3) is 0.667. The molecular weight excluding hydrogens is 190 g/mol. The van der Waals surface area contributed by atoms with Gasteiger partial charge >= 0.3 is 0 Å². The Hall–Kier alpha value is -0.640. The summed E-state index contributed by atoms with van der Waals surface area (Å²) in [6, 6.07) is 0. The molecule has 2 unspecified atom stereocenters. The zero-order valence-corrected chi connectivity index (χ0v) is 10.3. The highest BCUT2D eigenvalue weighted by Gasteiger charge is 2.07. The predicted octanol–water partition coefficient (Wildman–Crippen LogP) is 2.45. The van der Waals surface area contributed by atoms with Crippen molar-refractivity contribution in [3.8, 4) is 0 Å². The van der Waals surface area contributed by atoms with Crippen LogP contribution in [-0.2, 0) is 9.47 Å². The van der Waals surface area contributed by atoms with Gasteiger partial charge in [0, 0.05) is 0 Å². The van der Waals surface area contributed by atoms with Crippen LogP contribution in [0.1, 0.15) is 27.7 Å². The van der Waals surface area contributed by atoms with Gasteiger partial charge < -0.3 is 9.47 Å². The topological polar surface area (TPSA) is 30.5 Å². The molecule has 3 heteroatoms. The second kappa shape index (κ2) is 7.63. The summed E-state index contributed by atoms with van der Waals surface area (Å²) in [6.07, 6.45) is -0.0800. The maximum atomic E-state index is 5.47. The van der Waals surface area contributed by atoms with Gasteiger partial charge in [0.1, 0.15) is 12.5 Å². The molecule has 15 heavy (non-hydrogen) atoms. The lowest BCUT2D eigenvalue weighted by atomic mass is 10.4. The smallest absolute Gasteiger partial charge is 0.107 e. The quantitative estimate of drug-likeness (QED) is 0.496. The van der Waals surface area contributed by atoms with Gasteiger partial charge in [-0.25, -0.2) is 0 Å². The molecular formula is C12H23NO2. The average Bonchev–Trinajstić information content (AvgIpc) is 2.11. The van der Waals surface area contributed by atoms with Gasteiger partial charge in [0.2, 0.25) is 0 Å². The van der Waals surface area contributed by atoms with Crippen LogP contribution in [0.25, 0.3) is 0 Å². The van der Waals surface area contributed by atoms with Gasteiger partial charge in [0.05, 0.1) is 13.2 Å². The highest BCUT2D eigenvalue weighted by Crippen LogP contribution is 1.97. The zero-order valence-electron chi connectivity index (χ0n) is 10.3. The maximum Gasteiger partial charge on any atom is 0.107 e. The Morgan fingerprint density at radius 3 is 1.60 bits per heavy atom. The summed E-state index contributed by atoms with van der Waals surface area (Å²) in [4.78, 5) is 0. The zero-order chi connectivity index (χ0) is 11.8. The molecule has 0 spiro atoms. The van der Waals surface area contributed by atoms with E-state index < -0.39 is 0 Å². The van der Waals surface area contributed by atoms with Crippen LogP contribution < -0.4 is 5.32 Å². The van der Waals surface area contributed by atoms with Gasteiger partial charge in [-0.3, -0.25) is 5.32 Å². The molecule has 0 saturated heterocycles. The van der Waals surface area contributed by atoms with Crippen molar-refractivity contribution < 1.29 is 9.47 Å². The van der Waals surface area contributed by atoms with Gasteiger partial charge in [-0.2, -0.15) is 0 Å². The van der Waals surface area contributed by atoms with Crippen LogP contribution in [0.5, 0.6) is 0 Å². The lowest BCUT2D eigenvalue weighted by Gasteiger charge is -2.20. The minimum absolute atomic E-state index is 0.0400. The normalized spacial score (nSPS) is 14.7. The van der Waals surface area contributed by atoms with Crippen molar-refractivity contribution in [1.29, 1.82) is 0 Å². The first-order valence-electron chi connectivity index (χ1n) is 5.20. The monoisotopic (exact) mass is 213 g/mol. The Labute approximate surface area is 93.2 Å². The fourth-order valence-electron chi connectivity index (χ4n) is 0.961. The van der Waals surface area contributed by atoms with Crippen LogP contribution in [0.3, 0.4) is 0 Å². The SMILES string of the molecule is C=C(C)COC(C)NC(C)OCC(=C)C. The average molecular weight is 213 g/mol. The molecule has 0 aromatic heterocycles. The van der Waals surface area contributed by atoms with E-state index in [1.165, 1.54) is 0 Å². The third-order valence-corrected chi connectivity index (χ3v) is 1.63. The van der Waals surface area contributed by atoms with Crippen molar-refractivity contribution in [2.75, 3.05) is 13.2 Å². The highest BCUT2D eigenvalue weighted by molar-refractivity contribution is 4.88. The molecule has 1 N–H and O–H groups in total. The van der Waals surface area contributed by atoms with Gasteiger partial charge in [0.15, 0.2) is 0 Å². The van der Waals surface area contributed by atoms with Crippen molar-refractivity contribution in [2.24, 2.45) is 0 Å². The van der Waals surface area contributed by atoms with Crippen LogP contribution in [0.2, 0.25) is 0 Å². The van der Waals surface area contributed by atoms with Gasteiger partial charge in [-0.05, 0) is 27.7 Å². The first kappa shape index (κ1) is 14.4. The summed E-state index contributed by atoms with van der Waals surface area (Å²) in [5, 5.41) is 3.16. The number of hydrogen-bond acceptors (Lipinski definition) is 3. The first-order valence-corrected chi connectivity index (χ1v) is 5.20. The van der Waals surface area contributed by atoms with Gasteiger partial charge in [-0.1, -0.05) is 24.3 Å². The number of nitrogens with one attached hydrogen (secondary N) is 1. The Bertz CT molecular complexity index is 192. The van der Waals surface area contributed by atoms with Crippen LogP contribution in [0, 0.1) is 0 Å². The molecule has 0 aliphatic rings. The molecule has 0 amide bonds. The van der Waals surface area contributed by atoms with E-state index in [0.29, 0.717) is 13.2 Å². The second-order valence-corrected chi connectivity index (χ2v) is 3.99. The molecule has 0 aliphatic carbocycles. The fourth-order valence-corrected chi connectivity index (χ4v) is 0.961. The highest BCUT2D eigenvalue weighted by atomic mass is 16.5. The van der Waals surface area contributed by atoms with Crippen molar-refractivity contribution in [3.63, 3.8) is 0 Å². The molecule has 0 radical (unpaired) electrons. The standard InChI is InChI=1S/C12H23NO2/c1-9(2)7-14-11(5)13-12(6)15-8-10(3)4/h11-13H,1,3,7-8H2,2,4-6H3. The molecule has 88 valence electrons. The van der Waals surface area contributed by atoms with E-state index >= 15 is 0 Å². The van der Waals surface area contributed by atoms with E-state index in [1.54, 1.807) is 0 Å². The largest absolute Gasteiger partial charge is 0.359 e. The van der Waals surface area contributed by atoms with E-state index in [-0.39, 0.29) is 12.5 Å². The molecule has 0 fully saturated rings. The lowest BCUT2D eigenvalue weighted by molar-refractivity contribution is -0.0179. The molecule has 0 rings (SSSR count). The van der Waals surface area contributed by atoms with E-state index in [4.69, 9.17) is 9.47 Å². The molecule has 0 aromatic rings. The Morgan fingerprint density at radius 2 is 1.33 bits per heavy atom. The Morgan fingerprint density at radius 1 is 1.00 bits per heavy atom. The Kier molecular flexibility index (Phi) is 7.30. The van der Waals surface area contributed by atoms with E-state index in [2.05, 4.69) is 18.5 Å². The van der Waals surface area contributed by atoms with E-state index in [9.17, 15) is 0 Å². The lowest BCUT2D eigenvalue weighted by Crippen LogP contribution is -2.38. The summed E-state index contributed by atoms with van der Waals surface area (Å²) in [5.41, 5.74) is 2.03. The maximum absolute atomic E-state index is 5.47. The summed E-state index contributed by atoms with van der Waals surface area (Å²) in [7, 11) is 0. The summed E-state index contributed by atoms with van der Waals surface area (Å²) >= 11 is 0. The third kappa shape index (κ3) is 9.66. The second-order valence-electron chi connectivity index (χ2n) is 3.99. The van der Waals surface area contributed by atoms with Crippen LogP contribution in [0.15, 0.2) is 24.3 Å². The van der Waals surface area contributed by atoms with Crippen LogP contribution >= 0.6 is 0 Å². The van der Waals surface area contributed by atoms with Crippen molar-refractivity contribution >= 4 is 0 Å². The van der Waals surface area contributed by atoms with Crippen LogP contribution in [-0.4, -0.2) is 25.7 Å².